The molecule has 0 spiro atoms. The molecular weight excluding hydrogens is 268 g/mol. The molecule has 1 aromatic carbocycles. The summed E-state index contributed by atoms with van der Waals surface area (Å²) in [5.41, 5.74) is 3.40. The van der Waals surface area contributed by atoms with Gasteiger partial charge in [0, 0.05) is 5.92 Å². The monoisotopic (exact) mass is 290 g/mol. The number of carbonyl (C=O) groups is 1. The molecule has 0 atom stereocenters. The van der Waals surface area contributed by atoms with Gasteiger partial charge in [-0.1, -0.05) is 0 Å². The van der Waals surface area contributed by atoms with Crippen molar-refractivity contribution in [2.75, 3.05) is 6.61 Å². The predicted molar refractivity (Wildman–Crippen MR) is 81.8 cm³/mol. The molecule has 1 saturated carbocycles. The van der Waals surface area contributed by atoms with Gasteiger partial charge in [0.05, 0.1) is 18.9 Å². The van der Waals surface area contributed by atoms with Crippen LogP contribution in [-0.4, -0.2) is 24.8 Å². The first-order valence-corrected chi connectivity index (χ1v) is 7.36. The van der Waals surface area contributed by atoms with Crippen molar-refractivity contribution in [1.82, 2.24) is 5.43 Å². The average molecular weight is 290 g/mol. The number of hydrazone groups is 1. The number of hydrogen-bond donors (Lipinski definition) is 1. The fourth-order valence-electron chi connectivity index (χ4n) is 1.83. The smallest absolute Gasteiger partial charge is 0.243 e. The van der Waals surface area contributed by atoms with Crippen LogP contribution in [-0.2, 0) is 4.79 Å². The minimum absolute atomic E-state index is 0.00366. The number of benzene rings is 1. The van der Waals surface area contributed by atoms with Crippen LogP contribution in [0.25, 0.3) is 0 Å². The van der Waals surface area contributed by atoms with E-state index in [1.807, 2.05) is 39.0 Å². The van der Waals surface area contributed by atoms with E-state index < -0.39 is 0 Å². The lowest BCUT2D eigenvalue weighted by Crippen LogP contribution is -2.18. The van der Waals surface area contributed by atoms with E-state index in [2.05, 4.69) is 10.5 Å². The van der Waals surface area contributed by atoms with Crippen LogP contribution in [0.1, 0.15) is 39.2 Å². The van der Waals surface area contributed by atoms with Gasteiger partial charge >= 0.3 is 0 Å². The first kappa shape index (κ1) is 15.4. The summed E-state index contributed by atoms with van der Waals surface area (Å²) in [5.74, 6) is 1.55. The molecule has 1 fully saturated rings. The van der Waals surface area contributed by atoms with Gasteiger partial charge in [0.2, 0.25) is 5.91 Å². The van der Waals surface area contributed by atoms with Gasteiger partial charge in [0.25, 0.3) is 0 Å². The van der Waals surface area contributed by atoms with Gasteiger partial charge in [-0.05, 0) is 57.4 Å². The van der Waals surface area contributed by atoms with Crippen LogP contribution < -0.4 is 14.9 Å². The van der Waals surface area contributed by atoms with Gasteiger partial charge in [0.1, 0.15) is 0 Å². The molecular formula is C16H22N2O3. The molecule has 114 valence electrons. The van der Waals surface area contributed by atoms with E-state index in [0.29, 0.717) is 18.1 Å². The minimum atomic E-state index is -0.00366. The zero-order valence-corrected chi connectivity index (χ0v) is 12.8. The Morgan fingerprint density at radius 2 is 2.19 bits per heavy atom. The minimum Gasteiger partial charge on any atom is -0.490 e. The molecule has 1 N–H and O–H groups in total. The highest BCUT2D eigenvalue weighted by Crippen LogP contribution is 2.29. The summed E-state index contributed by atoms with van der Waals surface area (Å²) in [7, 11) is 0. The lowest BCUT2D eigenvalue weighted by atomic mass is 10.2. The topological polar surface area (TPSA) is 59.9 Å². The van der Waals surface area contributed by atoms with Crippen LogP contribution in [0.3, 0.4) is 0 Å². The Hall–Kier alpha value is -2.04. The van der Waals surface area contributed by atoms with Crippen molar-refractivity contribution < 1.29 is 14.3 Å². The van der Waals surface area contributed by atoms with Gasteiger partial charge in [-0.25, -0.2) is 5.43 Å². The summed E-state index contributed by atoms with van der Waals surface area (Å²) in [5, 5.41) is 3.97. The van der Waals surface area contributed by atoms with Crippen molar-refractivity contribution in [2.24, 2.45) is 11.0 Å². The van der Waals surface area contributed by atoms with E-state index in [0.717, 1.165) is 18.4 Å². The SMILES string of the molecule is CCOc1cc(/C=N/NC(=O)C2CC2)ccc1OC(C)C. The first-order valence-electron chi connectivity index (χ1n) is 7.36. The quantitative estimate of drug-likeness (QED) is 0.620. The lowest BCUT2D eigenvalue weighted by molar-refractivity contribution is -0.122. The molecule has 0 bridgehead atoms. The Morgan fingerprint density at radius 3 is 2.81 bits per heavy atom. The number of carbonyl (C=O) groups excluding carboxylic acids is 1. The molecule has 21 heavy (non-hydrogen) atoms. The van der Waals surface area contributed by atoms with E-state index in [-0.39, 0.29) is 17.9 Å². The third-order valence-corrected chi connectivity index (χ3v) is 2.97. The van der Waals surface area contributed by atoms with Crippen LogP contribution in [0.4, 0.5) is 0 Å². The Balaban J connectivity index is 2.03. The molecule has 1 aliphatic carbocycles. The molecule has 2 rings (SSSR count). The van der Waals surface area contributed by atoms with Crippen LogP contribution >= 0.6 is 0 Å². The molecule has 1 aromatic rings. The molecule has 0 aliphatic heterocycles. The van der Waals surface area contributed by atoms with Crippen LogP contribution in [0, 0.1) is 5.92 Å². The maximum absolute atomic E-state index is 11.5. The van der Waals surface area contributed by atoms with Crippen molar-refractivity contribution in [3.05, 3.63) is 23.8 Å². The second kappa shape index (κ2) is 7.11. The maximum Gasteiger partial charge on any atom is 0.243 e. The highest BCUT2D eigenvalue weighted by Gasteiger charge is 2.29. The predicted octanol–water partition coefficient (Wildman–Crippen LogP) is 2.73. The van der Waals surface area contributed by atoms with E-state index in [1.165, 1.54) is 0 Å². The first-order chi connectivity index (χ1) is 10.1. The highest BCUT2D eigenvalue weighted by molar-refractivity contribution is 5.84. The summed E-state index contributed by atoms with van der Waals surface area (Å²) in [6.45, 7) is 6.43. The average Bonchev–Trinajstić information content (AvgIpc) is 3.25. The van der Waals surface area contributed by atoms with Crippen molar-refractivity contribution in [1.29, 1.82) is 0 Å². The summed E-state index contributed by atoms with van der Waals surface area (Å²) in [6, 6.07) is 5.59. The lowest BCUT2D eigenvalue weighted by Gasteiger charge is -2.14. The normalized spacial score (nSPS) is 14.5. The third-order valence-electron chi connectivity index (χ3n) is 2.97. The highest BCUT2D eigenvalue weighted by atomic mass is 16.5. The van der Waals surface area contributed by atoms with Gasteiger partial charge < -0.3 is 9.47 Å². The van der Waals surface area contributed by atoms with Crippen molar-refractivity contribution in [3.63, 3.8) is 0 Å². The zero-order valence-electron chi connectivity index (χ0n) is 12.8. The molecule has 0 heterocycles. The van der Waals surface area contributed by atoms with Gasteiger partial charge in [0.15, 0.2) is 11.5 Å². The number of hydrogen-bond acceptors (Lipinski definition) is 4. The van der Waals surface area contributed by atoms with Gasteiger partial charge in [-0.2, -0.15) is 5.10 Å². The molecule has 1 aliphatic rings. The van der Waals surface area contributed by atoms with E-state index in [9.17, 15) is 4.79 Å². The molecule has 5 nitrogen and oxygen atoms in total. The van der Waals surface area contributed by atoms with Gasteiger partial charge in [-0.15, -0.1) is 0 Å². The number of nitrogens with zero attached hydrogens (tertiary/aromatic N) is 1. The summed E-state index contributed by atoms with van der Waals surface area (Å²) in [6.07, 6.45) is 3.64. The molecule has 0 unspecified atom stereocenters. The fraction of sp³-hybridized carbons (Fsp3) is 0.500. The Labute approximate surface area is 125 Å². The zero-order chi connectivity index (χ0) is 15.2. The van der Waals surface area contributed by atoms with E-state index >= 15 is 0 Å². The maximum atomic E-state index is 11.5. The number of amides is 1. The Kier molecular flexibility index (Phi) is 5.20. The largest absolute Gasteiger partial charge is 0.490 e. The second-order valence-electron chi connectivity index (χ2n) is 5.31. The third kappa shape index (κ3) is 4.77. The van der Waals surface area contributed by atoms with Crippen LogP contribution in [0.15, 0.2) is 23.3 Å². The summed E-state index contributed by atoms with van der Waals surface area (Å²) in [4.78, 5) is 11.5. The second-order valence-corrected chi connectivity index (χ2v) is 5.31. The Morgan fingerprint density at radius 1 is 1.43 bits per heavy atom. The number of rotatable bonds is 7. The molecule has 0 radical (unpaired) electrons. The Bertz CT molecular complexity index is 522. The van der Waals surface area contributed by atoms with Crippen LogP contribution in [0.5, 0.6) is 11.5 Å². The van der Waals surface area contributed by atoms with E-state index in [4.69, 9.17) is 9.47 Å². The molecule has 1 amide bonds. The fourth-order valence-corrected chi connectivity index (χ4v) is 1.83. The van der Waals surface area contributed by atoms with Crippen molar-refractivity contribution in [2.45, 2.75) is 39.7 Å². The molecule has 0 aromatic heterocycles. The van der Waals surface area contributed by atoms with Crippen molar-refractivity contribution >= 4 is 12.1 Å². The van der Waals surface area contributed by atoms with Crippen LogP contribution in [0.2, 0.25) is 0 Å². The van der Waals surface area contributed by atoms with Crippen molar-refractivity contribution in [3.8, 4) is 11.5 Å². The number of nitrogens with one attached hydrogen (secondary N) is 1. The van der Waals surface area contributed by atoms with Gasteiger partial charge in [-0.3, -0.25) is 4.79 Å². The standard InChI is InChI=1S/C16H22N2O3/c1-4-20-15-9-12(5-8-14(15)21-11(2)3)10-17-18-16(19)13-6-7-13/h5,8-11,13H,4,6-7H2,1-3H3,(H,18,19)/b17-10+. The summed E-state index contributed by atoms with van der Waals surface area (Å²) >= 11 is 0. The summed E-state index contributed by atoms with van der Waals surface area (Å²) < 4.78 is 11.3. The van der Waals surface area contributed by atoms with E-state index in [1.54, 1.807) is 6.21 Å². The number of ether oxygens (including phenoxy) is 2. The molecule has 5 heteroatoms. The molecule has 0 saturated heterocycles.